The fraction of sp³-hybridized carbons (Fsp3) is 0.571. The van der Waals surface area contributed by atoms with E-state index in [0.29, 0.717) is 42.0 Å². The molecule has 7 nitrogen and oxygen atoms in total. The Morgan fingerprint density at radius 1 is 1.36 bits per heavy atom. The molecule has 0 amide bonds. The van der Waals surface area contributed by atoms with Gasteiger partial charge < -0.3 is 14.0 Å². The van der Waals surface area contributed by atoms with E-state index in [2.05, 4.69) is 35.0 Å². The van der Waals surface area contributed by atoms with Crippen LogP contribution in [-0.4, -0.2) is 41.8 Å². The van der Waals surface area contributed by atoms with E-state index in [1.54, 1.807) is 25.3 Å². The van der Waals surface area contributed by atoms with E-state index >= 15 is 0 Å². The van der Waals surface area contributed by atoms with Gasteiger partial charge in [-0.05, 0) is 37.4 Å². The molecule has 2 heterocycles. The first-order chi connectivity index (χ1) is 13.6. The van der Waals surface area contributed by atoms with Crippen LogP contribution >= 0.6 is 0 Å². The van der Waals surface area contributed by atoms with Crippen LogP contribution in [0, 0.1) is 23.2 Å². The molecular weight excluding hydrogens is 356 g/mol. The number of nitriles is 1. The summed E-state index contributed by atoms with van der Waals surface area (Å²) in [6.07, 6.45) is 3.06. The van der Waals surface area contributed by atoms with Gasteiger partial charge in [0.1, 0.15) is 0 Å². The number of benzene rings is 1. The predicted octanol–water partition coefficient (Wildman–Crippen LogP) is 3.44. The molecule has 28 heavy (non-hydrogen) atoms. The Morgan fingerprint density at radius 3 is 2.96 bits per heavy atom. The molecule has 1 unspecified atom stereocenters. The highest BCUT2D eigenvalue weighted by Crippen LogP contribution is 2.29. The zero-order valence-corrected chi connectivity index (χ0v) is 16.9. The van der Waals surface area contributed by atoms with Crippen LogP contribution in [0.5, 0.6) is 11.5 Å². The maximum absolute atomic E-state index is 9.01. The molecule has 0 aliphatic carbocycles. The first kappa shape index (κ1) is 20.2. The van der Waals surface area contributed by atoms with Crippen LogP contribution in [0.4, 0.5) is 0 Å². The highest BCUT2D eigenvalue weighted by Gasteiger charge is 2.22. The molecular formula is C21H28N4O3. The minimum absolute atomic E-state index is 0.427. The number of aromatic nitrogens is 2. The van der Waals surface area contributed by atoms with E-state index in [9.17, 15) is 0 Å². The first-order valence-corrected chi connectivity index (χ1v) is 9.82. The summed E-state index contributed by atoms with van der Waals surface area (Å²) < 4.78 is 16.7. The highest BCUT2D eigenvalue weighted by atomic mass is 16.5. The monoisotopic (exact) mass is 384 g/mol. The SMILES string of the molecule is COc1cc(C#N)ccc1OCC1CCCN(Cc2noc(CC(C)C)n2)C1. The van der Waals surface area contributed by atoms with Crippen molar-refractivity contribution in [2.75, 3.05) is 26.8 Å². The number of hydrogen-bond acceptors (Lipinski definition) is 7. The standard InChI is InChI=1S/C21H28N4O3/c1-15(2)9-21-23-20(24-28-21)13-25-8-4-5-17(12-25)14-27-18-7-6-16(11-22)10-19(18)26-3/h6-7,10,15,17H,4-5,8-9,12-14H2,1-3H3. The molecule has 0 N–H and O–H groups in total. The third-order valence-electron chi connectivity index (χ3n) is 4.83. The van der Waals surface area contributed by atoms with Gasteiger partial charge >= 0.3 is 0 Å². The average molecular weight is 384 g/mol. The van der Waals surface area contributed by atoms with Crippen LogP contribution in [0.15, 0.2) is 22.7 Å². The summed E-state index contributed by atoms with van der Waals surface area (Å²) in [7, 11) is 1.59. The molecule has 0 spiro atoms. The van der Waals surface area contributed by atoms with Gasteiger partial charge in [0.05, 0.1) is 31.9 Å². The van der Waals surface area contributed by atoms with Crippen LogP contribution in [0.2, 0.25) is 0 Å². The smallest absolute Gasteiger partial charge is 0.226 e. The summed E-state index contributed by atoms with van der Waals surface area (Å²) in [5.74, 6) is 3.67. The van der Waals surface area contributed by atoms with Crippen molar-refractivity contribution in [3.05, 3.63) is 35.5 Å². The van der Waals surface area contributed by atoms with Crippen molar-refractivity contribution in [1.82, 2.24) is 15.0 Å². The quantitative estimate of drug-likeness (QED) is 0.689. The zero-order valence-electron chi connectivity index (χ0n) is 16.9. The topological polar surface area (TPSA) is 84.4 Å². The van der Waals surface area contributed by atoms with Gasteiger partial charge in [-0.25, -0.2) is 0 Å². The van der Waals surface area contributed by atoms with Gasteiger partial charge in [-0.3, -0.25) is 4.90 Å². The van der Waals surface area contributed by atoms with Crippen LogP contribution < -0.4 is 9.47 Å². The molecule has 0 radical (unpaired) electrons. The zero-order chi connectivity index (χ0) is 19.9. The Morgan fingerprint density at radius 2 is 2.21 bits per heavy atom. The maximum atomic E-state index is 9.01. The summed E-state index contributed by atoms with van der Waals surface area (Å²) in [4.78, 5) is 6.87. The first-order valence-electron chi connectivity index (χ1n) is 9.82. The fourth-order valence-corrected chi connectivity index (χ4v) is 3.48. The Kier molecular flexibility index (Phi) is 6.88. The molecule has 0 saturated carbocycles. The van der Waals surface area contributed by atoms with Crippen molar-refractivity contribution >= 4 is 0 Å². The molecule has 1 aromatic carbocycles. The van der Waals surface area contributed by atoms with Gasteiger partial charge in [-0.15, -0.1) is 0 Å². The second kappa shape index (κ2) is 9.56. The van der Waals surface area contributed by atoms with Crippen molar-refractivity contribution in [2.45, 2.75) is 39.7 Å². The van der Waals surface area contributed by atoms with Crippen molar-refractivity contribution in [2.24, 2.45) is 11.8 Å². The Balaban J connectivity index is 1.52. The van der Waals surface area contributed by atoms with E-state index in [0.717, 1.165) is 44.1 Å². The van der Waals surface area contributed by atoms with E-state index in [4.69, 9.17) is 19.3 Å². The molecule has 2 aromatic rings. The lowest BCUT2D eigenvalue weighted by atomic mass is 9.99. The summed E-state index contributed by atoms with van der Waals surface area (Å²) >= 11 is 0. The second-order valence-electron chi connectivity index (χ2n) is 7.73. The van der Waals surface area contributed by atoms with E-state index in [1.165, 1.54) is 0 Å². The van der Waals surface area contributed by atoms with Gasteiger partial charge in [-0.1, -0.05) is 19.0 Å². The molecule has 1 aliphatic rings. The van der Waals surface area contributed by atoms with Gasteiger partial charge in [0, 0.05) is 24.9 Å². The second-order valence-corrected chi connectivity index (χ2v) is 7.73. The van der Waals surface area contributed by atoms with Crippen molar-refractivity contribution < 1.29 is 14.0 Å². The Bertz CT molecular complexity index is 812. The largest absolute Gasteiger partial charge is 0.493 e. The minimum atomic E-state index is 0.427. The number of methoxy groups -OCH3 is 1. The lowest BCUT2D eigenvalue weighted by molar-refractivity contribution is 0.120. The van der Waals surface area contributed by atoms with E-state index < -0.39 is 0 Å². The van der Waals surface area contributed by atoms with Gasteiger partial charge in [-0.2, -0.15) is 10.2 Å². The lowest BCUT2D eigenvalue weighted by Crippen LogP contribution is -2.37. The molecule has 1 aliphatic heterocycles. The summed E-state index contributed by atoms with van der Waals surface area (Å²) in [6, 6.07) is 7.36. The van der Waals surface area contributed by atoms with Crippen molar-refractivity contribution in [3.63, 3.8) is 0 Å². The molecule has 7 heteroatoms. The molecule has 1 atom stereocenters. The van der Waals surface area contributed by atoms with Crippen LogP contribution in [0.3, 0.4) is 0 Å². The fourth-order valence-electron chi connectivity index (χ4n) is 3.48. The highest BCUT2D eigenvalue weighted by molar-refractivity contribution is 5.46. The van der Waals surface area contributed by atoms with E-state index in [-0.39, 0.29) is 0 Å². The third kappa shape index (κ3) is 5.46. The average Bonchev–Trinajstić information content (AvgIpc) is 3.12. The summed E-state index contributed by atoms with van der Waals surface area (Å²) in [6.45, 7) is 7.57. The number of piperidine rings is 1. The number of likely N-dealkylation sites (tertiary alicyclic amines) is 1. The van der Waals surface area contributed by atoms with Crippen molar-refractivity contribution in [3.8, 4) is 17.6 Å². The lowest BCUT2D eigenvalue weighted by Gasteiger charge is -2.31. The van der Waals surface area contributed by atoms with E-state index in [1.807, 2.05) is 0 Å². The molecule has 0 bridgehead atoms. The minimum Gasteiger partial charge on any atom is -0.493 e. The van der Waals surface area contributed by atoms with Gasteiger partial charge in [0.25, 0.3) is 0 Å². The molecule has 150 valence electrons. The third-order valence-corrected chi connectivity index (χ3v) is 4.83. The van der Waals surface area contributed by atoms with Crippen LogP contribution in [-0.2, 0) is 13.0 Å². The van der Waals surface area contributed by atoms with Crippen LogP contribution in [0.25, 0.3) is 0 Å². The van der Waals surface area contributed by atoms with Crippen molar-refractivity contribution in [1.29, 1.82) is 5.26 Å². The molecule has 3 rings (SSSR count). The Hall–Kier alpha value is -2.59. The molecule has 1 aromatic heterocycles. The molecule has 1 saturated heterocycles. The summed E-state index contributed by atoms with van der Waals surface area (Å²) in [5, 5.41) is 13.1. The normalized spacial score (nSPS) is 17.5. The van der Waals surface area contributed by atoms with Gasteiger partial charge in [0.2, 0.25) is 5.89 Å². The number of rotatable bonds is 8. The molecule has 1 fully saturated rings. The predicted molar refractivity (Wildman–Crippen MR) is 104 cm³/mol. The maximum Gasteiger partial charge on any atom is 0.226 e. The summed E-state index contributed by atoms with van der Waals surface area (Å²) in [5.41, 5.74) is 0.560. The number of ether oxygens (including phenoxy) is 2. The Labute approximate surface area is 166 Å². The van der Waals surface area contributed by atoms with Crippen LogP contribution in [0.1, 0.15) is 44.0 Å². The number of hydrogen-bond donors (Lipinski definition) is 0. The van der Waals surface area contributed by atoms with Gasteiger partial charge in [0.15, 0.2) is 17.3 Å². The number of nitrogens with zero attached hydrogens (tertiary/aromatic N) is 4.